The first-order valence-corrected chi connectivity index (χ1v) is 3.63. The molecule has 5 nitrogen and oxygen atoms in total. The van der Waals surface area contributed by atoms with Crippen molar-refractivity contribution in [2.75, 3.05) is 5.73 Å². The lowest BCUT2D eigenvalue weighted by molar-refractivity contribution is 0.889. The molecule has 0 aliphatic rings. The van der Waals surface area contributed by atoms with Gasteiger partial charge in [0, 0.05) is 11.4 Å². The van der Waals surface area contributed by atoms with E-state index in [2.05, 4.69) is 15.1 Å². The van der Waals surface area contributed by atoms with Crippen LogP contribution in [-0.4, -0.2) is 19.6 Å². The summed E-state index contributed by atoms with van der Waals surface area (Å²) in [5.74, 6) is 0.821. The number of rotatable bonds is 0. The molecule has 0 atom stereocenters. The average Bonchev–Trinajstić information content (AvgIpc) is 2.29. The van der Waals surface area contributed by atoms with Crippen molar-refractivity contribution in [2.24, 2.45) is 0 Å². The summed E-state index contributed by atoms with van der Waals surface area (Å²) >= 11 is 0. The number of nitrogen functional groups attached to an aromatic ring is 1. The molecule has 0 amide bonds. The highest BCUT2D eigenvalue weighted by molar-refractivity contribution is 5.36. The zero-order valence-electron chi connectivity index (χ0n) is 6.94. The Kier molecular flexibility index (Phi) is 1.27. The van der Waals surface area contributed by atoms with E-state index >= 15 is 0 Å². The maximum Gasteiger partial charge on any atom is 0.254 e. The van der Waals surface area contributed by atoms with Gasteiger partial charge < -0.3 is 5.73 Å². The molecular formula is C7H9N5. The highest BCUT2D eigenvalue weighted by Crippen LogP contribution is 2.05. The van der Waals surface area contributed by atoms with Crippen LogP contribution in [0.5, 0.6) is 0 Å². The monoisotopic (exact) mass is 163 g/mol. The van der Waals surface area contributed by atoms with Crippen LogP contribution in [0.3, 0.4) is 0 Å². The molecule has 0 aliphatic carbocycles. The fourth-order valence-electron chi connectivity index (χ4n) is 1.18. The van der Waals surface area contributed by atoms with Crippen LogP contribution in [0.2, 0.25) is 0 Å². The Hall–Kier alpha value is -1.65. The van der Waals surface area contributed by atoms with Gasteiger partial charge in [0.1, 0.15) is 0 Å². The van der Waals surface area contributed by atoms with Crippen LogP contribution >= 0.6 is 0 Å². The van der Waals surface area contributed by atoms with E-state index in [1.807, 2.05) is 19.9 Å². The lowest BCUT2D eigenvalue weighted by atomic mass is 10.4. The van der Waals surface area contributed by atoms with Gasteiger partial charge in [-0.2, -0.15) is 9.50 Å². The van der Waals surface area contributed by atoms with Gasteiger partial charge >= 0.3 is 0 Å². The van der Waals surface area contributed by atoms with E-state index < -0.39 is 0 Å². The third kappa shape index (κ3) is 0.903. The molecular weight excluding hydrogens is 154 g/mol. The number of nitrogens with zero attached hydrogens (tertiary/aromatic N) is 4. The topological polar surface area (TPSA) is 69.1 Å². The van der Waals surface area contributed by atoms with Gasteiger partial charge in [0.15, 0.2) is 0 Å². The second-order valence-corrected chi connectivity index (χ2v) is 2.72. The van der Waals surface area contributed by atoms with Crippen molar-refractivity contribution >= 4 is 11.7 Å². The Morgan fingerprint density at radius 2 is 2.08 bits per heavy atom. The zero-order valence-corrected chi connectivity index (χ0v) is 6.94. The minimum atomic E-state index is 0.260. The summed E-state index contributed by atoms with van der Waals surface area (Å²) in [5.41, 5.74) is 7.34. The molecule has 12 heavy (non-hydrogen) atoms. The second-order valence-electron chi connectivity index (χ2n) is 2.72. The predicted molar refractivity (Wildman–Crippen MR) is 44.7 cm³/mol. The van der Waals surface area contributed by atoms with E-state index in [0.29, 0.717) is 5.78 Å². The summed E-state index contributed by atoms with van der Waals surface area (Å²) in [6.45, 7) is 3.85. The SMILES string of the molecule is Cc1cc(C)n2nc(N)nc2n1. The number of hydrogen-bond donors (Lipinski definition) is 1. The first kappa shape index (κ1) is 7.02. The minimum Gasteiger partial charge on any atom is -0.366 e. The van der Waals surface area contributed by atoms with E-state index in [1.54, 1.807) is 4.52 Å². The number of hydrogen-bond acceptors (Lipinski definition) is 4. The van der Waals surface area contributed by atoms with Gasteiger partial charge in [-0.25, -0.2) is 4.98 Å². The smallest absolute Gasteiger partial charge is 0.254 e. The number of aromatic nitrogens is 4. The van der Waals surface area contributed by atoms with Crippen LogP contribution in [0.4, 0.5) is 5.95 Å². The zero-order chi connectivity index (χ0) is 8.72. The van der Waals surface area contributed by atoms with Crippen molar-refractivity contribution in [1.29, 1.82) is 0 Å². The quantitative estimate of drug-likeness (QED) is 0.607. The van der Waals surface area contributed by atoms with E-state index in [0.717, 1.165) is 11.4 Å². The lowest BCUT2D eigenvalue weighted by Gasteiger charge is -1.96. The van der Waals surface area contributed by atoms with Crippen LogP contribution in [0.25, 0.3) is 5.78 Å². The summed E-state index contributed by atoms with van der Waals surface area (Å²) in [5, 5.41) is 3.97. The number of nitrogens with two attached hydrogens (primary N) is 1. The maximum atomic E-state index is 5.43. The Bertz CT molecular complexity index is 431. The number of anilines is 1. The van der Waals surface area contributed by atoms with Gasteiger partial charge in [0.2, 0.25) is 5.95 Å². The second kappa shape index (κ2) is 2.17. The standard InChI is InChI=1S/C7H9N5/c1-4-3-5(2)12-7(9-4)10-6(8)11-12/h3H,1-2H3,(H2,8,11). The van der Waals surface area contributed by atoms with Crippen molar-refractivity contribution in [3.63, 3.8) is 0 Å². The van der Waals surface area contributed by atoms with Gasteiger partial charge in [0.05, 0.1) is 0 Å². The normalized spacial score (nSPS) is 10.8. The fraction of sp³-hybridized carbons (Fsp3) is 0.286. The Morgan fingerprint density at radius 1 is 1.33 bits per heavy atom. The molecule has 2 aromatic heterocycles. The van der Waals surface area contributed by atoms with Gasteiger partial charge in [-0.15, -0.1) is 5.10 Å². The van der Waals surface area contributed by atoms with Crippen LogP contribution < -0.4 is 5.73 Å². The number of fused-ring (bicyclic) bond motifs is 1. The van der Waals surface area contributed by atoms with E-state index in [4.69, 9.17) is 5.73 Å². The predicted octanol–water partition coefficient (Wildman–Crippen LogP) is 0.323. The molecule has 2 rings (SSSR count). The van der Waals surface area contributed by atoms with E-state index in [1.165, 1.54) is 0 Å². The third-order valence-corrected chi connectivity index (χ3v) is 1.63. The summed E-state index contributed by atoms with van der Waals surface area (Å²) < 4.78 is 1.63. The summed E-state index contributed by atoms with van der Waals surface area (Å²) in [6, 6.07) is 1.93. The largest absolute Gasteiger partial charge is 0.366 e. The molecule has 0 saturated heterocycles. The third-order valence-electron chi connectivity index (χ3n) is 1.63. The van der Waals surface area contributed by atoms with Crippen LogP contribution in [-0.2, 0) is 0 Å². The maximum absolute atomic E-state index is 5.43. The van der Waals surface area contributed by atoms with Crippen LogP contribution in [0.1, 0.15) is 11.4 Å². The first-order chi connectivity index (χ1) is 5.66. The molecule has 0 fully saturated rings. The molecule has 0 aliphatic heterocycles. The Balaban J connectivity index is 2.88. The molecule has 5 heteroatoms. The molecule has 0 aromatic carbocycles. The molecule has 0 saturated carbocycles. The van der Waals surface area contributed by atoms with Gasteiger partial charge in [-0.1, -0.05) is 0 Å². The summed E-state index contributed by atoms with van der Waals surface area (Å²) in [6.07, 6.45) is 0. The lowest BCUT2D eigenvalue weighted by Crippen LogP contribution is -1.97. The van der Waals surface area contributed by atoms with Gasteiger partial charge in [-0.05, 0) is 19.9 Å². The van der Waals surface area contributed by atoms with Gasteiger partial charge in [-0.3, -0.25) is 0 Å². The molecule has 0 unspecified atom stereocenters. The average molecular weight is 163 g/mol. The van der Waals surface area contributed by atoms with E-state index in [-0.39, 0.29) is 5.95 Å². The fourth-order valence-corrected chi connectivity index (χ4v) is 1.18. The molecule has 2 heterocycles. The van der Waals surface area contributed by atoms with E-state index in [9.17, 15) is 0 Å². The first-order valence-electron chi connectivity index (χ1n) is 3.63. The van der Waals surface area contributed by atoms with Crippen molar-refractivity contribution in [1.82, 2.24) is 19.6 Å². The highest BCUT2D eigenvalue weighted by atomic mass is 15.4. The molecule has 2 N–H and O–H groups in total. The van der Waals surface area contributed by atoms with Crippen molar-refractivity contribution in [3.05, 3.63) is 17.5 Å². The molecule has 2 aromatic rings. The van der Waals surface area contributed by atoms with Crippen LogP contribution in [0.15, 0.2) is 6.07 Å². The van der Waals surface area contributed by atoms with Crippen molar-refractivity contribution in [2.45, 2.75) is 13.8 Å². The highest BCUT2D eigenvalue weighted by Gasteiger charge is 2.03. The van der Waals surface area contributed by atoms with Crippen molar-refractivity contribution < 1.29 is 0 Å². The number of aryl methyl sites for hydroxylation is 2. The van der Waals surface area contributed by atoms with Crippen molar-refractivity contribution in [3.8, 4) is 0 Å². The molecule has 62 valence electrons. The Labute approximate surface area is 69.2 Å². The summed E-state index contributed by atoms with van der Waals surface area (Å²) in [4.78, 5) is 8.12. The molecule has 0 bridgehead atoms. The molecule has 0 radical (unpaired) electrons. The molecule has 0 spiro atoms. The van der Waals surface area contributed by atoms with Gasteiger partial charge in [0.25, 0.3) is 5.78 Å². The van der Waals surface area contributed by atoms with Crippen LogP contribution in [0, 0.1) is 13.8 Å². The summed E-state index contributed by atoms with van der Waals surface area (Å²) in [7, 11) is 0. The minimum absolute atomic E-state index is 0.260. The Morgan fingerprint density at radius 3 is 2.83 bits per heavy atom.